The van der Waals surface area contributed by atoms with Gasteiger partial charge in [0.2, 0.25) is 11.5 Å². The SMILES string of the molecule is COC(=O)c1ccc(C(=O)c2ccc3c(c2)OCCO3)o1. The van der Waals surface area contributed by atoms with Crippen molar-refractivity contribution in [1.29, 1.82) is 0 Å². The molecule has 0 N–H and O–H groups in total. The van der Waals surface area contributed by atoms with E-state index in [1.54, 1.807) is 18.2 Å². The lowest BCUT2D eigenvalue weighted by atomic mass is 10.1. The molecule has 1 aliphatic rings. The summed E-state index contributed by atoms with van der Waals surface area (Å²) in [5, 5.41) is 0. The molecule has 0 unspecified atom stereocenters. The highest BCUT2D eigenvalue weighted by Crippen LogP contribution is 2.31. The van der Waals surface area contributed by atoms with Gasteiger partial charge in [0.15, 0.2) is 17.3 Å². The van der Waals surface area contributed by atoms with Gasteiger partial charge in [-0.15, -0.1) is 0 Å². The Bertz CT molecular complexity index is 700. The van der Waals surface area contributed by atoms with Crippen molar-refractivity contribution >= 4 is 11.8 Å². The number of hydrogen-bond donors (Lipinski definition) is 0. The van der Waals surface area contributed by atoms with Crippen molar-refractivity contribution in [2.75, 3.05) is 20.3 Å². The smallest absolute Gasteiger partial charge is 0.373 e. The molecule has 1 aromatic heterocycles. The molecule has 21 heavy (non-hydrogen) atoms. The number of esters is 1. The third-order valence-corrected chi connectivity index (χ3v) is 3.02. The molecule has 2 heterocycles. The van der Waals surface area contributed by atoms with Gasteiger partial charge in [-0.3, -0.25) is 4.79 Å². The molecule has 6 nitrogen and oxygen atoms in total. The van der Waals surface area contributed by atoms with E-state index < -0.39 is 5.97 Å². The van der Waals surface area contributed by atoms with E-state index in [0.29, 0.717) is 30.3 Å². The van der Waals surface area contributed by atoms with Crippen LogP contribution in [0.2, 0.25) is 0 Å². The molecule has 0 saturated heterocycles. The van der Waals surface area contributed by atoms with Gasteiger partial charge in [0.1, 0.15) is 13.2 Å². The third-order valence-electron chi connectivity index (χ3n) is 3.02. The molecule has 0 atom stereocenters. The maximum absolute atomic E-state index is 12.3. The highest BCUT2D eigenvalue weighted by molar-refractivity contribution is 6.08. The van der Waals surface area contributed by atoms with Crippen LogP contribution >= 0.6 is 0 Å². The van der Waals surface area contributed by atoms with Crippen molar-refractivity contribution in [2.24, 2.45) is 0 Å². The predicted molar refractivity (Wildman–Crippen MR) is 70.9 cm³/mol. The summed E-state index contributed by atoms with van der Waals surface area (Å²) in [6.07, 6.45) is 0. The summed E-state index contributed by atoms with van der Waals surface area (Å²) in [6.45, 7) is 0.929. The Morgan fingerprint density at radius 2 is 1.71 bits per heavy atom. The Kier molecular flexibility index (Phi) is 3.35. The topological polar surface area (TPSA) is 75.0 Å². The van der Waals surface area contributed by atoms with E-state index in [9.17, 15) is 9.59 Å². The number of ether oxygens (including phenoxy) is 3. The van der Waals surface area contributed by atoms with Crippen LogP contribution in [-0.2, 0) is 4.74 Å². The van der Waals surface area contributed by atoms with Crippen molar-refractivity contribution in [3.8, 4) is 11.5 Å². The molecule has 0 saturated carbocycles. The van der Waals surface area contributed by atoms with E-state index in [2.05, 4.69) is 4.74 Å². The maximum Gasteiger partial charge on any atom is 0.373 e. The van der Waals surface area contributed by atoms with Gasteiger partial charge in [-0.2, -0.15) is 0 Å². The van der Waals surface area contributed by atoms with Gasteiger partial charge in [0, 0.05) is 5.56 Å². The van der Waals surface area contributed by atoms with Crippen molar-refractivity contribution in [1.82, 2.24) is 0 Å². The first-order valence-electron chi connectivity index (χ1n) is 6.31. The molecule has 6 heteroatoms. The van der Waals surface area contributed by atoms with Crippen LogP contribution in [0, 0.1) is 0 Å². The van der Waals surface area contributed by atoms with Crippen LogP contribution in [0.5, 0.6) is 11.5 Å². The summed E-state index contributed by atoms with van der Waals surface area (Å²) in [5.74, 6) is 0.197. The minimum absolute atomic E-state index is 0.0154. The average molecular weight is 288 g/mol. The van der Waals surface area contributed by atoms with Crippen LogP contribution in [0.25, 0.3) is 0 Å². The zero-order chi connectivity index (χ0) is 14.8. The van der Waals surface area contributed by atoms with Crippen LogP contribution < -0.4 is 9.47 Å². The second-order valence-electron chi connectivity index (χ2n) is 4.34. The number of ketones is 1. The van der Waals surface area contributed by atoms with Gasteiger partial charge in [0.05, 0.1) is 7.11 Å². The van der Waals surface area contributed by atoms with Gasteiger partial charge in [-0.25, -0.2) is 4.79 Å². The van der Waals surface area contributed by atoms with E-state index in [-0.39, 0.29) is 17.3 Å². The minimum atomic E-state index is -0.628. The van der Waals surface area contributed by atoms with Crippen LogP contribution in [0.3, 0.4) is 0 Å². The van der Waals surface area contributed by atoms with Crippen molar-refractivity contribution in [3.05, 3.63) is 47.4 Å². The second-order valence-corrected chi connectivity index (χ2v) is 4.34. The Labute approximate surface area is 120 Å². The number of furan rings is 1. The second kappa shape index (κ2) is 5.32. The lowest BCUT2D eigenvalue weighted by Gasteiger charge is -2.18. The number of hydrogen-bond acceptors (Lipinski definition) is 6. The number of rotatable bonds is 3. The molecule has 0 amide bonds. The van der Waals surface area contributed by atoms with E-state index in [4.69, 9.17) is 13.9 Å². The molecule has 0 bridgehead atoms. The fraction of sp³-hybridized carbons (Fsp3) is 0.200. The number of carbonyl (C=O) groups is 2. The predicted octanol–water partition coefficient (Wildman–Crippen LogP) is 2.07. The molecule has 1 aromatic carbocycles. The number of benzene rings is 1. The standard InChI is InChI=1S/C15H12O6/c1-18-15(17)12-5-4-11(21-12)14(16)9-2-3-10-13(8-9)20-7-6-19-10/h2-5,8H,6-7H2,1H3. The summed E-state index contributed by atoms with van der Waals surface area (Å²) < 4.78 is 20.6. The van der Waals surface area contributed by atoms with Gasteiger partial charge in [-0.05, 0) is 30.3 Å². The summed E-state index contributed by atoms with van der Waals surface area (Å²) in [6, 6.07) is 7.72. The molecule has 0 spiro atoms. The molecular weight excluding hydrogens is 276 g/mol. The first-order valence-corrected chi connectivity index (χ1v) is 6.31. The van der Waals surface area contributed by atoms with E-state index >= 15 is 0 Å². The largest absolute Gasteiger partial charge is 0.486 e. The van der Waals surface area contributed by atoms with Crippen LogP contribution in [0.15, 0.2) is 34.7 Å². The Balaban J connectivity index is 1.88. The first kappa shape index (κ1) is 13.2. The zero-order valence-corrected chi connectivity index (χ0v) is 11.3. The Hall–Kier alpha value is -2.76. The van der Waals surface area contributed by atoms with Crippen LogP contribution in [0.1, 0.15) is 26.7 Å². The summed E-state index contributed by atoms with van der Waals surface area (Å²) in [5.41, 5.74) is 0.394. The van der Waals surface area contributed by atoms with E-state index in [0.717, 1.165) is 0 Å². The van der Waals surface area contributed by atoms with E-state index in [1.165, 1.54) is 19.2 Å². The number of carbonyl (C=O) groups excluding carboxylic acids is 2. The normalized spacial score (nSPS) is 12.8. The first-order chi connectivity index (χ1) is 10.2. The maximum atomic E-state index is 12.3. The van der Waals surface area contributed by atoms with Gasteiger partial charge in [0.25, 0.3) is 0 Å². The zero-order valence-electron chi connectivity index (χ0n) is 11.3. The summed E-state index contributed by atoms with van der Waals surface area (Å²) in [7, 11) is 1.24. The summed E-state index contributed by atoms with van der Waals surface area (Å²) in [4.78, 5) is 23.6. The average Bonchev–Trinajstić information content (AvgIpc) is 3.03. The quantitative estimate of drug-likeness (QED) is 0.635. The molecule has 3 rings (SSSR count). The van der Waals surface area contributed by atoms with Crippen molar-refractivity contribution < 1.29 is 28.2 Å². The fourth-order valence-electron chi connectivity index (χ4n) is 2.00. The van der Waals surface area contributed by atoms with Crippen LogP contribution in [0.4, 0.5) is 0 Å². The molecule has 0 radical (unpaired) electrons. The van der Waals surface area contributed by atoms with Gasteiger partial charge in [-0.1, -0.05) is 0 Å². The van der Waals surface area contributed by atoms with Crippen LogP contribution in [-0.4, -0.2) is 32.1 Å². The van der Waals surface area contributed by atoms with Crippen molar-refractivity contribution in [2.45, 2.75) is 0 Å². The lowest BCUT2D eigenvalue weighted by Crippen LogP contribution is -2.15. The highest BCUT2D eigenvalue weighted by Gasteiger charge is 2.20. The molecule has 0 fully saturated rings. The van der Waals surface area contributed by atoms with E-state index in [1.807, 2.05) is 0 Å². The van der Waals surface area contributed by atoms with Crippen molar-refractivity contribution in [3.63, 3.8) is 0 Å². The lowest BCUT2D eigenvalue weighted by molar-refractivity contribution is 0.0563. The molecule has 108 valence electrons. The molecule has 2 aromatic rings. The Morgan fingerprint density at radius 1 is 1.00 bits per heavy atom. The number of fused-ring (bicyclic) bond motifs is 1. The fourth-order valence-corrected chi connectivity index (χ4v) is 2.00. The monoisotopic (exact) mass is 288 g/mol. The molecular formula is C15H12O6. The van der Waals surface area contributed by atoms with Gasteiger partial charge >= 0.3 is 5.97 Å². The third kappa shape index (κ3) is 2.47. The molecule has 0 aliphatic carbocycles. The molecule has 1 aliphatic heterocycles. The summed E-state index contributed by atoms with van der Waals surface area (Å²) >= 11 is 0. The highest BCUT2D eigenvalue weighted by atomic mass is 16.6. The Morgan fingerprint density at radius 3 is 2.48 bits per heavy atom. The van der Waals surface area contributed by atoms with Gasteiger partial charge < -0.3 is 18.6 Å². The minimum Gasteiger partial charge on any atom is -0.486 e. The number of methoxy groups -OCH3 is 1.